The van der Waals surface area contributed by atoms with E-state index in [0.29, 0.717) is 13.1 Å². The number of carbonyl (C=O) groups excluding carboxylic acids is 1. The zero-order valence-electron chi connectivity index (χ0n) is 18.0. The Bertz CT molecular complexity index is 846. The first-order valence-corrected chi connectivity index (χ1v) is 11.8. The van der Waals surface area contributed by atoms with Crippen LogP contribution in [-0.4, -0.2) is 63.1 Å². The molecule has 1 aliphatic rings. The Morgan fingerprint density at radius 2 is 1.84 bits per heavy atom. The normalized spacial score (nSPS) is 16.8. The number of nitrogens with zero attached hydrogens (tertiary/aromatic N) is 1. The number of likely N-dealkylation sites (tertiary alicyclic amines) is 1. The Morgan fingerprint density at radius 1 is 1.19 bits per heavy atom. The molecule has 0 radical (unpaired) electrons. The Kier molecular flexibility index (Phi) is 8.34. The number of amides is 1. The summed E-state index contributed by atoms with van der Waals surface area (Å²) in [5, 5.41) is 2.76. The van der Waals surface area contributed by atoms with Crippen molar-refractivity contribution in [1.82, 2.24) is 14.9 Å². The minimum absolute atomic E-state index is 0.0298. The molecule has 0 aromatic heterocycles. The molecule has 0 aliphatic carbocycles. The smallest absolute Gasteiger partial charge is 0.406 e. The van der Waals surface area contributed by atoms with Crippen LogP contribution in [0.1, 0.15) is 44.0 Å². The molecular formula is C20H30F3N3O4S. The number of carbonyl (C=O) groups is 1. The Balaban J connectivity index is 1.75. The molecule has 176 valence electrons. The number of nitrogens with one attached hydrogen (secondary N) is 2. The molecule has 1 aromatic carbocycles. The molecule has 1 fully saturated rings. The molecule has 2 N–H and O–H groups in total. The molecule has 0 spiro atoms. The first kappa shape index (κ1) is 25.4. The number of rotatable bonds is 8. The van der Waals surface area contributed by atoms with Crippen molar-refractivity contribution in [2.45, 2.75) is 45.5 Å². The topological polar surface area (TPSA) is 87.7 Å². The average Bonchev–Trinajstić information content (AvgIpc) is 2.62. The summed E-state index contributed by atoms with van der Waals surface area (Å²) in [6.45, 7) is 7.68. The van der Waals surface area contributed by atoms with Crippen LogP contribution in [0.15, 0.2) is 24.3 Å². The van der Waals surface area contributed by atoms with Gasteiger partial charge in [0.05, 0.1) is 5.75 Å². The van der Waals surface area contributed by atoms with E-state index in [1.165, 1.54) is 12.1 Å². The molecule has 0 saturated carbocycles. The highest BCUT2D eigenvalue weighted by Crippen LogP contribution is 2.23. The largest absolute Gasteiger partial charge is 0.573 e. The fourth-order valence-electron chi connectivity index (χ4n) is 3.35. The quantitative estimate of drug-likeness (QED) is 0.617. The Labute approximate surface area is 181 Å². The predicted molar refractivity (Wildman–Crippen MR) is 111 cm³/mol. The number of alkyl halides is 3. The summed E-state index contributed by atoms with van der Waals surface area (Å²) >= 11 is 0. The standard InChI is InChI=1S/C20H30F3N3O4S/c1-19(2,3)25-31(28,29)12-11-26-9-7-15(8-10-26)14-24-18(27)16-5-4-6-17(13-16)30-20(21,22)23/h4-6,13,15,25H,7-12,14H2,1-3H3,(H,24,27). The lowest BCUT2D eigenvalue weighted by atomic mass is 9.96. The van der Waals surface area contributed by atoms with E-state index in [1.54, 1.807) is 20.8 Å². The van der Waals surface area contributed by atoms with Crippen molar-refractivity contribution in [2.24, 2.45) is 5.92 Å². The number of hydrogen-bond donors (Lipinski definition) is 2. The number of benzene rings is 1. The lowest BCUT2D eigenvalue weighted by molar-refractivity contribution is -0.274. The van der Waals surface area contributed by atoms with Gasteiger partial charge in [0.15, 0.2) is 0 Å². The van der Waals surface area contributed by atoms with E-state index < -0.39 is 33.6 Å². The van der Waals surface area contributed by atoms with Crippen LogP contribution in [0.5, 0.6) is 5.75 Å². The Hall–Kier alpha value is -1.85. The van der Waals surface area contributed by atoms with E-state index in [2.05, 4.69) is 19.7 Å². The third kappa shape index (κ3) is 9.88. The highest BCUT2D eigenvalue weighted by Gasteiger charge is 2.31. The monoisotopic (exact) mass is 465 g/mol. The van der Waals surface area contributed by atoms with Gasteiger partial charge in [-0.2, -0.15) is 0 Å². The van der Waals surface area contributed by atoms with Crippen LogP contribution in [0.4, 0.5) is 13.2 Å². The molecule has 31 heavy (non-hydrogen) atoms. The third-order valence-electron chi connectivity index (χ3n) is 4.73. The minimum Gasteiger partial charge on any atom is -0.406 e. The van der Waals surface area contributed by atoms with Crippen molar-refractivity contribution < 1.29 is 31.1 Å². The molecule has 1 amide bonds. The Morgan fingerprint density at radius 3 is 2.42 bits per heavy atom. The highest BCUT2D eigenvalue weighted by atomic mass is 32.2. The molecule has 2 rings (SSSR count). The van der Waals surface area contributed by atoms with Gasteiger partial charge in [-0.25, -0.2) is 13.1 Å². The van der Waals surface area contributed by atoms with Crippen LogP contribution in [-0.2, 0) is 10.0 Å². The molecule has 1 heterocycles. The van der Waals surface area contributed by atoms with Crippen LogP contribution in [0.2, 0.25) is 0 Å². The first-order chi connectivity index (χ1) is 14.2. The molecule has 1 saturated heterocycles. The van der Waals surface area contributed by atoms with Gasteiger partial charge in [-0.05, 0) is 70.8 Å². The minimum atomic E-state index is -4.81. The van der Waals surface area contributed by atoms with Crippen LogP contribution < -0.4 is 14.8 Å². The van der Waals surface area contributed by atoms with Gasteiger partial charge in [-0.15, -0.1) is 13.2 Å². The zero-order valence-corrected chi connectivity index (χ0v) is 18.8. The molecule has 1 aliphatic heterocycles. The maximum atomic E-state index is 12.3. The van der Waals surface area contributed by atoms with Crippen LogP contribution in [0.25, 0.3) is 0 Å². The van der Waals surface area contributed by atoms with Crippen molar-refractivity contribution in [3.63, 3.8) is 0 Å². The second-order valence-corrected chi connectivity index (χ2v) is 10.6. The van der Waals surface area contributed by atoms with E-state index >= 15 is 0 Å². The van der Waals surface area contributed by atoms with Gasteiger partial charge in [0, 0.05) is 24.2 Å². The van der Waals surface area contributed by atoms with Gasteiger partial charge in [-0.3, -0.25) is 4.79 Å². The van der Waals surface area contributed by atoms with Crippen LogP contribution in [0.3, 0.4) is 0 Å². The van der Waals surface area contributed by atoms with E-state index in [1.807, 2.05) is 0 Å². The lowest BCUT2D eigenvalue weighted by Crippen LogP contribution is -2.45. The number of hydrogen-bond acceptors (Lipinski definition) is 5. The van der Waals surface area contributed by atoms with E-state index in [0.717, 1.165) is 38.1 Å². The van der Waals surface area contributed by atoms with Crippen molar-refractivity contribution in [1.29, 1.82) is 0 Å². The SMILES string of the molecule is CC(C)(C)NS(=O)(=O)CCN1CCC(CNC(=O)c2cccc(OC(F)(F)F)c2)CC1. The van der Waals surface area contributed by atoms with Crippen LogP contribution >= 0.6 is 0 Å². The molecule has 11 heteroatoms. The van der Waals surface area contributed by atoms with Gasteiger partial charge in [0.25, 0.3) is 5.91 Å². The van der Waals surface area contributed by atoms with Crippen molar-refractivity contribution in [3.05, 3.63) is 29.8 Å². The summed E-state index contributed by atoms with van der Waals surface area (Å²) in [4.78, 5) is 14.3. The van der Waals surface area contributed by atoms with Gasteiger partial charge in [0.1, 0.15) is 5.75 Å². The van der Waals surface area contributed by atoms with Gasteiger partial charge < -0.3 is 15.0 Å². The molecular weight excluding hydrogens is 435 g/mol. The van der Waals surface area contributed by atoms with Crippen molar-refractivity contribution >= 4 is 15.9 Å². The van der Waals surface area contributed by atoms with E-state index in [-0.39, 0.29) is 17.2 Å². The number of piperidine rings is 1. The van der Waals surface area contributed by atoms with Gasteiger partial charge >= 0.3 is 6.36 Å². The summed E-state index contributed by atoms with van der Waals surface area (Å²) in [6.07, 6.45) is -3.22. The summed E-state index contributed by atoms with van der Waals surface area (Å²) in [5.74, 6) is -0.653. The van der Waals surface area contributed by atoms with Crippen molar-refractivity contribution in [2.75, 3.05) is 31.9 Å². The van der Waals surface area contributed by atoms with E-state index in [9.17, 15) is 26.4 Å². The lowest BCUT2D eigenvalue weighted by Gasteiger charge is -2.32. The molecule has 1 aromatic rings. The predicted octanol–water partition coefficient (Wildman–Crippen LogP) is 2.74. The van der Waals surface area contributed by atoms with Crippen molar-refractivity contribution in [3.8, 4) is 5.75 Å². The maximum Gasteiger partial charge on any atom is 0.573 e. The third-order valence-corrected chi connectivity index (χ3v) is 6.37. The highest BCUT2D eigenvalue weighted by molar-refractivity contribution is 7.89. The fourth-order valence-corrected chi connectivity index (χ4v) is 4.89. The number of ether oxygens (including phenoxy) is 1. The summed E-state index contributed by atoms with van der Waals surface area (Å²) in [7, 11) is -3.35. The average molecular weight is 466 g/mol. The summed E-state index contributed by atoms with van der Waals surface area (Å²) in [6, 6.07) is 4.94. The second kappa shape index (κ2) is 10.2. The molecule has 0 atom stereocenters. The summed E-state index contributed by atoms with van der Waals surface area (Å²) in [5.41, 5.74) is -0.418. The molecule has 0 bridgehead atoms. The van der Waals surface area contributed by atoms with Gasteiger partial charge in [-0.1, -0.05) is 6.07 Å². The zero-order chi connectivity index (χ0) is 23.3. The van der Waals surface area contributed by atoms with Crippen LogP contribution in [0, 0.1) is 5.92 Å². The second-order valence-electron chi connectivity index (χ2n) is 8.74. The van der Waals surface area contributed by atoms with E-state index in [4.69, 9.17) is 0 Å². The first-order valence-electron chi connectivity index (χ1n) is 10.1. The maximum absolute atomic E-state index is 12.3. The molecule has 7 nitrogen and oxygen atoms in total. The molecule has 0 unspecified atom stereocenters. The fraction of sp³-hybridized carbons (Fsp3) is 0.650. The van der Waals surface area contributed by atoms with Gasteiger partial charge in [0.2, 0.25) is 10.0 Å². The number of sulfonamides is 1. The number of halogens is 3. The summed E-state index contributed by atoms with van der Waals surface area (Å²) < 4.78 is 67.7.